The number of benzene rings is 1. The molecule has 1 aromatic carbocycles. The molecule has 0 bridgehead atoms. The molecular weight excluding hydrogens is 158 g/mol. The van der Waals surface area contributed by atoms with Gasteiger partial charge in [0.05, 0.1) is 0 Å². The molecule has 0 N–H and O–H groups in total. The molecule has 1 aromatic rings. The van der Waals surface area contributed by atoms with Crippen molar-refractivity contribution >= 4 is 5.69 Å². The van der Waals surface area contributed by atoms with Crippen molar-refractivity contribution in [2.24, 2.45) is 0 Å². The van der Waals surface area contributed by atoms with Crippen LogP contribution >= 0.6 is 0 Å². The minimum atomic E-state index is 1.20. The van der Waals surface area contributed by atoms with E-state index in [-0.39, 0.29) is 0 Å². The maximum absolute atomic E-state index is 2.38. The molecule has 0 saturated carbocycles. The van der Waals surface area contributed by atoms with Crippen LogP contribution in [0.15, 0.2) is 18.2 Å². The first kappa shape index (κ1) is 8.61. The Morgan fingerprint density at radius 3 is 2.92 bits per heavy atom. The van der Waals surface area contributed by atoms with E-state index >= 15 is 0 Å². The van der Waals surface area contributed by atoms with Crippen LogP contribution in [-0.2, 0) is 6.42 Å². The summed E-state index contributed by atoms with van der Waals surface area (Å²) in [6, 6.07) is 6.63. The summed E-state index contributed by atoms with van der Waals surface area (Å²) >= 11 is 0. The average Bonchev–Trinajstić information content (AvgIpc) is 2.30. The molecule has 0 radical (unpaired) electrons. The van der Waals surface area contributed by atoms with E-state index in [1.54, 1.807) is 5.56 Å². The molecule has 1 heteroatoms. The summed E-state index contributed by atoms with van der Waals surface area (Å²) in [6.07, 6.45) is 3.92. The van der Waals surface area contributed by atoms with Crippen molar-refractivity contribution in [2.75, 3.05) is 18.5 Å². The summed E-state index contributed by atoms with van der Waals surface area (Å²) in [5.74, 6) is 0. The van der Waals surface area contributed by atoms with Gasteiger partial charge < -0.3 is 4.90 Å². The number of rotatable bonds is 0. The number of fused-ring (bicyclic) bond motifs is 1. The van der Waals surface area contributed by atoms with Crippen molar-refractivity contribution in [3.8, 4) is 0 Å². The van der Waals surface area contributed by atoms with Crippen LogP contribution in [0.5, 0.6) is 0 Å². The third-order valence-electron chi connectivity index (χ3n) is 2.97. The molecule has 1 aliphatic rings. The van der Waals surface area contributed by atoms with Gasteiger partial charge in [-0.1, -0.05) is 12.1 Å². The van der Waals surface area contributed by atoms with Crippen molar-refractivity contribution in [3.05, 3.63) is 29.3 Å². The lowest BCUT2D eigenvalue weighted by Gasteiger charge is -2.20. The molecule has 0 atom stereocenters. The summed E-state index contributed by atoms with van der Waals surface area (Å²) in [4.78, 5) is 2.38. The molecular formula is C12H17N. The van der Waals surface area contributed by atoms with Crippen molar-refractivity contribution in [1.29, 1.82) is 0 Å². The maximum atomic E-state index is 2.38. The molecule has 0 unspecified atom stereocenters. The molecule has 0 spiro atoms. The van der Waals surface area contributed by atoms with Crippen LogP contribution in [0.1, 0.15) is 24.0 Å². The molecule has 0 amide bonds. The van der Waals surface area contributed by atoms with E-state index in [1.807, 2.05) is 0 Å². The van der Waals surface area contributed by atoms with Crippen LogP contribution in [0.25, 0.3) is 0 Å². The molecule has 0 aliphatic carbocycles. The molecule has 1 aliphatic heterocycles. The minimum Gasteiger partial charge on any atom is -0.374 e. The normalized spacial score (nSPS) is 16.6. The second kappa shape index (κ2) is 3.41. The number of anilines is 1. The summed E-state index contributed by atoms with van der Waals surface area (Å²) < 4.78 is 0. The average molecular weight is 175 g/mol. The third-order valence-corrected chi connectivity index (χ3v) is 2.97. The summed E-state index contributed by atoms with van der Waals surface area (Å²) in [5, 5.41) is 0. The standard InChI is InChI=1S/C12H17N/c1-10-6-5-8-12-11(10)7-3-4-9-13(12)2/h5-6,8H,3-4,7,9H2,1-2H3. The van der Waals surface area contributed by atoms with Gasteiger partial charge in [-0.25, -0.2) is 0 Å². The highest BCUT2D eigenvalue weighted by atomic mass is 15.1. The van der Waals surface area contributed by atoms with Gasteiger partial charge in [-0.15, -0.1) is 0 Å². The second-order valence-electron chi connectivity index (χ2n) is 3.95. The van der Waals surface area contributed by atoms with E-state index in [0.717, 1.165) is 0 Å². The first-order chi connectivity index (χ1) is 6.29. The van der Waals surface area contributed by atoms with Gasteiger partial charge in [-0.2, -0.15) is 0 Å². The lowest BCUT2D eigenvalue weighted by molar-refractivity contribution is 0.749. The Hall–Kier alpha value is -0.980. The predicted molar refractivity (Wildman–Crippen MR) is 57.4 cm³/mol. The van der Waals surface area contributed by atoms with Crippen LogP contribution in [0, 0.1) is 6.92 Å². The topological polar surface area (TPSA) is 3.24 Å². The summed E-state index contributed by atoms with van der Waals surface area (Å²) in [5.41, 5.74) is 4.45. The predicted octanol–water partition coefficient (Wildman–Crippen LogP) is 2.77. The van der Waals surface area contributed by atoms with Crippen molar-refractivity contribution in [2.45, 2.75) is 26.2 Å². The molecule has 0 aromatic heterocycles. The Bertz CT molecular complexity index is 304. The second-order valence-corrected chi connectivity index (χ2v) is 3.95. The Morgan fingerprint density at radius 1 is 1.23 bits per heavy atom. The molecule has 0 saturated heterocycles. The summed E-state index contributed by atoms with van der Waals surface area (Å²) in [7, 11) is 2.20. The number of nitrogens with zero attached hydrogens (tertiary/aromatic N) is 1. The van der Waals surface area contributed by atoms with E-state index in [9.17, 15) is 0 Å². The maximum Gasteiger partial charge on any atom is 0.0398 e. The minimum absolute atomic E-state index is 1.20. The first-order valence-electron chi connectivity index (χ1n) is 5.08. The number of hydrogen-bond donors (Lipinski definition) is 0. The summed E-state index contributed by atoms with van der Waals surface area (Å²) in [6.45, 7) is 3.43. The molecule has 70 valence electrons. The van der Waals surface area contributed by atoms with Crippen LogP contribution in [0.4, 0.5) is 5.69 Å². The van der Waals surface area contributed by atoms with E-state index in [4.69, 9.17) is 0 Å². The molecule has 1 nitrogen and oxygen atoms in total. The fourth-order valence-corrected chi connectivity index (χ4v) is 2.14. The van der Waals surface area contributed by atoms with Gasteiger partial charge in [0.1, 0.15) is 0 Å². The zero-order valence-electron chi connectivity index (χ0n) is 8.51. The van der Waals surface area contributed by atoms with Gasteiger partial charge in [-0.3, -0.25) is 0 Å². The zero-order valence-corrected chi connectivity index (χ0v) is 8.51. The molecule has 1 heterocycles. The Labute approximate surface area is 80.4 Å². The van der Waals surface area contributed by atoms with E-state index < -0.39 is 0 Å². The smallest absolute Gasteiger partial charge is 0.0398 e. The van der Waals surface area contributed by atoms with Gasteiger partial charge in [0, 0.05) is 19.3 Å². The highest BCUT2D eigenvalue weighted by molar-refractivity contribution is 5.56. The third kappa shape index (κ3) is 1.55. The quantitative estimate of drug-likeness (QED) is 0.586. The van der Waals surface area contributed by atoms with Gasteiger partial charge >= 0.3 is 0 Å². The van der Waals surface area contributed by atoms with E-state index in [2.05, 4.69) is 37.1 Å². The monoisotopic (exact) mass is 175 g/mol. The molecule has 2 rings (SSSR count). The highest BCUT2D eigenvalue weighted by Crippen LogP contribution is 2.27. The Morgan fingerprint density at radius 2 is 2.08 bits per heavy atom. The molecule has 13 heavy (non-hydrogen) atoms. The zero-order chi connectivity index (χ0) is 9.26. The van der Waals surface area contributed by atoms with Crippen molar-refractivity contribution in [3.63, 3.8) is 0 Å². The van der Waals surface area contributed by atoms with Crippen molar-refractivity contribution in [1.82, 2.24) is 0 Å². The fraction of sp³-hybridized carbons (Fsp3) is 0.500. The molecule has 0 fully saturated rings. The van der Waals surface area contributed by atoms with Crippen molar-refractivity contribution < 1.29 is 0 Å². The Balaban J connectivity index is 2.47. The van der Waals surface area contributed by atoms with Gasteiger partial charge in [0.15, 0.2) is 0 Å². The SMILES string of the molecule is Cc1cccc2c1CCCCN2C. The number of hydrogen-bond acceptors (Lipinski definition) is 1. The first-order valence-corrected chi connectivity index (χ1v) is 5.08. The van der Waals surface area contributed by atoms with Gasteiger partial charge in [0.25, 0.3) is 0 Å². The lowest BCUT2D eigenvalue weighted by atomic mass is 10.0. The van der Waals surface area contributed by atoms with Crippen LogP contribution < -0.4 is 4.90 Å². The Kier molecular flexibility index (Phi) is 2.26. The van der Waals surface area contributed by atoms with Gasteiger partial charge in [-0.05, 0) is 43.4 Å². The lowest BCUT2D eigenvalue weighted by Crippen LogP contribution is -2.17. The van der Waals surface area contributed by atoms with E-state index in [0.29, 0.717) is 0 Å². The largest absolute Gasteiger partial charge is 0.374 e. The van der Waals surface area contributed by atoms with Crippen LogP contribution in [0.2, 0.25) is 0 Å². The fourth-order valence-electron chi connectivity index (χ4n) is 2.14. The van der Waals surface area contributed by atoms with Gasteiger partial charge in [0.2, 0.25) is 0 Å². The highest BCUT2D eigenvalue weighted by Gasteiger charge is 2.12. The van der Waals surface area contributed by atoms with Crippen LogP contribution in [0.3, 0.4) is 0 Å². The van der Waals surface area contributed by atoms with E-state index in [1.165, 1.54) is 37.1 Å². The number of aryl methyl sites for hydroxylation is 1. The van der Waals surface area contributed by atoms with Crippen LogP contribution in [-0.4, -0.2) is 13.6 Å².